The molecule has 4 nitrogen and oxygen atoms in total. The molecule has 100 valence electrons. The molecule has 2 aromatic rings. The Morgan fingerprint density at radius 2 is 1.79 bits per heavy atom. The minimum atomic E-state index is 0.629. The number of para-hydroxylation sites is 1. The van der Waals surface area contributed by atoms with E-state index in [-0.39, 0.29) is 0 Å². The van der Waals surface area contributed by atoms with E-state index in [1.54, 1.807) is 0 Å². The van der Waals surface area contributed by atoms with Gasteiger partial charge in [0.05, 0.1) is 18.0 Å². The van der Waals surface area contributed by atoms with Gasteiger partial charge in [-0.25, -0.2) is 9.97 Å². The minimum Gasteiger partial charge on any atom is -0.493 e. The van der Waals surface area contributed by atoms with Gasteiger partial charge in [0.25, 0.3) is 0 Å². The highest BCUT2D eigenvalue weighted by Crippen LogP contribution is 2.32. The SMILES string of the molecule is CCOc1ccccc1-c1nc(C)c(C)nc1NC. The van der Waals surface area contributed by atoms with Gasteiger partial charge in [-0.15, -0.1) is 0 Å². The van der Waals surface area contributed by atoms with Gasteiger partial charge in [-0.1, -0.05) is 12.1 Å². The van der Waals surface area contributed by atoms with E-state index in [4.69, 9.17) is 4.74 Å². The van der Waals surface area contributed by atoms with E-state index < -0.39 is 0 Å². The number of aryl methyl sites for hydroxylation is 2. The second-order valence-corrected chi connectivity index (χ2v) is 4.27. The normalized spacial score (nSPS) is 10.3. The quantitative estimate of drug-likeness (QED) is 0.913. The summed E-state index contributed by atoms with van der Waals surface area (Å²) in [6.45, 7) is 6.53. The molecule has 1 heterocycles. The average molecular weight is 257 g/mol. The molecule has 0 aliphatic carbocycles. The maximum atomic E-state index is 5.67. The maximum Gasteiger partial charge on any atom is 0.152 e. The number of benzene rings is 1. The average Bonchev–Trinajstić information content (AvgIpc) is 2.42. The predicted molar refractivity (Wildman–Crippen MR) is 77.7 cm³/mol. The number of aromatic nitrogens is 2. The van der Waals surface area contributed by atoms with Crippen molar-refractivity contribution in [1.82, 2.24) is 9.97 Å². The Labute approximate surface area is 113 Å². The summed E-state index contributed by atoms with van der Waals surface area (Å²) in [7, 11) is 1.85. The summed E-state index contributed by atoms with van der Waals surface area (Å²) in [5, 5.41) is 3.10. The molecule has 1 aromatic heterocycles. The lowest BCUT2D eigenvalue weighted by atomic mass is 10.1. The van der Waals surface area contributed by atoms with E-state index in [1.807, 2.05) is 52.1 Å². The Morgan fingerprint density at radius 1 is 1.11 bits per heavy atom. The molecule has 0 aliphatic rings. The molecule has 0 atom stereocenters. The van der Waals surface area contributed by atoms with E-state index >= 15 is 0 Å². The molecule has 0 unspecified atom stereocenters. The molecular formula is C15H19N3O. The lowest BCUT2D eigenvalue weighted by Crippen LogP contribution is -2.04. The highest BCUT2D eigenvalue weighted by atomic mass is 16.5. The molecule has 0 bridgehead atoms. The first-order valence-corrected chi connectivity index (χ1v) is 6.42. The van der Waals surface area contributed by atoms with Crippen LogP contribution >= 0.6 is 0 Å². The number of hydrogen-bond donors (Lipinski definition) is 1. The van der Waals surface area contributed by atoms with Crippen molar-refractivity contribution >= 4 is 5.82 Å². The molecule has 0 saturated carbocycles. The molecule has 0 spiro atoms. The molecule has 0 amide bonds. The molecule has 0 saturated heterocycles. The van der Waals surface area contributed by atoms with Crippen molar-refractivity contribution in [2.24, 2.45) is 0 Å². The van der Waals surface area contributed by atoms with Crippen molar-refractivity contribution in [3.05, 3.63) is 35.7 Å². The highest BCUT2D eigenvalue weighted by Gasteiger charge is 2.14. The Balaban J connectivity index is 2.61. The molecule has 0 fully saturated rings. The van der Waals surface area contributed by atoms with Crippen LogP contribution in [0.25, 0.3) is 11.3 Å². The number of hydrogen-bond acceptors (Lipinski definition) is 4. The standard InChI is InChI=1S/C15H19N3O/c1-5-19-13-9-7-6-8-12(13)14-15(16-4)18-11(3)10(2)17-14/h6-9H,5H2,1-4H3,(H,16,18). The fourth-order valence-corrected chi connectivity index (χ4v) is 1.91. The molecular weight excluding hydrogens is 238 g/mol. The van der Waals surface area contributed by atoms with Crippen molar-refractivity contribution in [2.45, 2.75) is 20.8 Å². The summed E-state index contributed by atoms with van der Waals surface area (Å²) in [6.07, 6.45) is 0. The number of nitrogens with one attached hydrogen (secondary N) is 1. The maximum absolute atomic E-state index is 5.67. The van der Waals surface area contributed by atoms with Gasteiger partial charge in [0, 0.05) is 12.6 Å². The van der Waals surface area contributed by atoms with Crippen LogP contribution in [0.15, 0.2) is 24.3 Å². The van der Waals surface area contributed by atoms with Crippen LogP contribution in [0.3, 0.4) is 0 Å². The molecule has 2 rings (SSSR count). The van der Waals surface area contributed by atoms with Gasteiger partial charge >= 0.3 is 0 Å². The Kier molecular flexibility index (Phi) is 4.00. The van der Waals surface area contributed by atoms with Crippen molar-refractivity contribution in [3.63, 3.8) is 0 Å². The van der Waals surface area contributed by atoms with Gasteiger partial charge < -0.3 is 10.1 Å². The minimum absolute atomic E-state index is 0.629. The molecule has 4 heteroatoms. The zero-order chi connectivity index (χ0) is 13.8. The lowest BCUT2D eigenvalue weighted by Gasteiger charge is -2.14. The van der Waals surface area contributed by atoms with Gasteiger partial charge in [0.15, 0.2) is 5.82 Å². The van der Waals surface area contributed by atoms with E-state index in [0.29, 0.717) is 6.61 Å². The van der Waals surface area contributed by atoms with Crippen LogP contribution in [0.2, 0.25) is 0 Å². The van der Waals surface area contributed by atoms with Gasteiger partial charge in [0.1, 0.15) is 11.4 Å². The third-order valence-corrected chi connectivity index (χ3v) is 2.99. The van der Waals surface area contributed by atoms with Gasteiger partial charge in [-0.05, 0) is 32.9 Å². The van der Waals surface area contributed by atoms with Crippen LogP contribution in [-0.4, -0.2) is 23.6 Å². The second-order valence-electron chi connectivity index (χ2n) is 4.27. The van der Waals surface area contributed by atoms with E-state index in [9.17, 15) is 0 Å². The first kappa shape index (κ1) is 13.3. The van der Waals surface area contributed by atoms with E-state index in [0.717, 1.165) is 34.2 Å². The summed E-state index contributed by atoms with van der Waals surface area (Å²) in [6, 6.07) is 7.90. The first-order chi connectivity index (χ1) is 9.17. The molecule has 1 aromatic carbocycles. The van der Waals surface area contributed by atoms with Crippen LogP contribution in [0.1, 0.15) is 18.3 Å². The lowest BCUT2D eigenvalue weighted by molar-refractivity contribution is 0.341. The largest absolute Gasteiger partial charge is 0.493 e. The second kappa shape index (κ2) is 5.69. The van der Waals surface area contributed by atoms with Gasteiger partial charge in [-0.3, -0.25) is 0 Å². The first-order valence-electron chi connectivity index (χ1n) is 6.42. The van der Waals surface area contributed by atoms with Crippen molar-refractivity contribution < 1.29 is 4.74 Å². The number of nitrogens with zero attached hydrogens (tertiary/aromatic N) is 2. The highest BCUT2D eigenvalue weighted by molar-refractivity contribution is 5.76. The fourth-order valence-electron chi connectivity index (χ4n) is 1.91. The zero-order valence-corrected chi connectivity index (χ0v) is 11.8. The summed E-state index contributed by atoms with van der Waals surface area (Å²) in [5.41, 5.74) is 3.65. The predicted octanol–water partition coefficient (Wildman–Crippen LogP) is 3.20. The summed E-state index contributed by atoms with van der Waals surface area (Å²) in [4.78, 5) is 9.19. The zero-order valence-electron chi connectivity index (χ0n) is 11.8. The van der Waals surface area contributed by atoms with Crippen LogP contribution in [0, 0.1) is 13.8 Å². The summed E-state index contributed by atoms with van der Waals surface area (Å²) >= 11 is 0. The summed E-state index contributed by atoms with van der Waals surface area (Å²) < 4.78 is 5.67. The number of ether oxygens (including phenoxy) is 1. The molecule has 19 heavy (non-hydrogen) atoms. The van der Waals surface area contributed by atoms with E-state index in [1.165, 1.54) is 0 Å². The van der Waals surface area contributed by atoms with Crippen LogP contribution in [-0.2, 0) is 0 Å². The van der Waals surface area contributed by atoms with E-state index in [2.05, 4.69) is 15.3 Å². The molecule has 0 radical (unpaired) electrons. The van der Waals surface area contributed by atoms with Crippen molar-refractivity contribution in [3.8, 4) is 17.0 Å². The summed E-state index contributed by atoms with van der Waals surface area (Å²) in [5.74, 6) is 1.61. The van der Waals surface area contributed by atoms with Crippen molar-refractivity contribution in [2.75, 3.05) is 19.0 Å². The smallest absolute Gasteiger partial charge is 0.152 e. The van der Waals surface area contributed by atoms with Crippen LogP contribution in [0.5, 0.6) is 5.75 Å². The molecule has 1 N–H and O–H groups in total. The van der Waals surface area contributed by atoms with Gasteiger partial charge in [0.2, 0.25) is 0 Å². The number of rotatable bonds is 4. The van der Waals surface area contributed by atoms with Gasteiger partial charge in [-0.2, -0.15) is 0 Å². The Morgan fingerprint density at radius 3 is 2.47 bits per heavy atom. The van der Waals surface area contributed by atoms with Crippen molar-refractivity contribution in [1.29, 1.82) is 0 Å². The Bertz CT molecular complexity index is 582. The number of anilines is 1. The fraction of sp³-hybridized carbons (Fsp3) is 0.333. The van der Waals surface area contributed by atoms with Crippen LogP contribution < -0.4 is 10.1 Å². The topological polar surface area (TPSA) is 47.0 Å². The van der Waals surface area contributed by atoms with Crippen LogP contribution in [0.4, 0.5) is 5.82 Å². The monoisotopic (exact) mass is 257 g/mol. The third-order valence-electron chi connectivity index (χ3n) is 2.99. The Hall–Kier alpha value is -2.10. The third kappa shape index (κ3) is 2.67. The molecule has 0 aliphatic heterocycles.